The topological polar surface area (TPSA) is 49.7 Å². The van der Waals surface area contributed by atoms with Crippen LogP contribution in [0.2, 0.25) is 0 Å². The molecule has 1 aromatic heterocycles. The van der Waals surface area contributed by atoms with Crippen molar-refractivity contribution in [3.8, 4) is 0 Å². The number of benzene rings is 1. The standard InChI is InChI=1S/C21H30BNO4/c1-14-11-15(13-22-26-20(5,6)21(7,8)27-22)12-16-9-10-23(17(14)16)18(24)25-19(2,3)4/h9-12H,13H2,1-8H3. The molecule has 0 radical (unpaired) electrons. The Morgan fingerprint density at radius 1 is 1.15 bits per heavy atom. The number of aryl methyl sites for hydroxylation is 1. The molecule has 1 fully saturated rings. The highest BCUT2D eigenvalue weighted by Gasteiger charge is 2.50. The maximum Gasteiger partial charge on any atom is 0.462 e. The molecule has 0 spiro atoms. The van der Waals surface area contributed by atoms with E-state index < -0.39 is 5.60 Å². The molecule has 0 saturated carbocycles. The van der Waals surface area contributed by atoms with Crippen molar-refractivity contribution < 1.29 is 18.8 Å². The third kappa shape index (κ3) is 3.92. The molecule has 2 heterocycles. The van der Waals surface area contributed by atoms with Gasteiger partial charge in [0.05, 0.1) is 16.7 Å². The predicted molar refractivity (Wildman–Crippen MR) is 108 cm³/mol. The van der Waals surface area contributed by atoms with Crippen LogP contribution in [0.4, 0.5) is 4.79 Å². The smallest absolute Gasteiger partial charge is 0.443 e. The predicted octanol–water partition coefficient (Wildman–Crippen LogP) is 4.91. The lowest BCUT2D eigenvalue weighted by Crippen LogP contribution is -2.41. The van der Waals surface area contributed by atoms with Crippen LogP contribution in [0.1, 0.15) is 59.6 Å². The minimum absolute atomic E-state index is 0.278. The molecule has 2 aromatic rings. The van der Waals surface area contributed by atoms with Gasteiger partial charge in [-0.1, -0.05) is 12.1 Å². The highest BCUT2D eigenvalue weighted by atomic mass is 16.7. The van der Waals surface area contributed by atoms with Gasteiger partial charge in [0.25, 0.3) is 0 Å². The molecule has 1 aliphatic rings. The Labute approximate surface area is 162 Å². The normalized spacial score (nSPS) is 18.9. The summed E-state index contributed by atoms with van der Waals surface area (Å²) >= 11 is 0. The average Bonchev–Trinajstić information content (AvgIpc) is 2.96. The second-order valence-electron chi connectivity index (χ2n) is 9.41. The van der Waals surface area contributed by atoms with Gasteiger partial charge in [-0.05, 0) is 72.6 Å². The van der Waals surface area contributed by atoms with Crippen molar-refractivity contribution >= 4 is 24.1 Å². The number of carbonyl (C=O) groups excluding carboxylic acids is 1. The van der Waals surface area contributed by atoms with Crippen LogP contribution in [0.25, 0.3) is 10.9 Å². The van der Waals surface area contributed by atoms with Crippen LogP contribution < -0.4 is 0 Å². The van der Waals surface area contributed by atoms with Gasteiger partial charge in [-0.25, -0.2) is 4.79 Å². The van der Waals surface area contributed by atoms with Crippen LogP contribution >= 0.6 is 0 Å². The third-order valence-electron chi connectivity index (χ3n) is 5.33. The van der Waals surface area contributed by atoms with Gasteiger partial charge >= 0.3 is 13.2 Å². The molecule has 1 aromatic carbocycles. The molecule has 5 nitrogen and oxygen atoms in total. The molecule has 146 valence electrons. The van der Waals surface area contributed by atoms with E-state index in [4.69, 9.17) is 14.0 Å². The van der Waals surface area contributed by atoms with E-state index in [0.29, 0.717) is 6.32 Å². The van der Waals surface area contributed by atoms with E-state index in [2.05, 4.69) is 39.8 Å². The number of nitrogens with zero attached hydrogens (tertiary/aromatic N) is 1. The Hall–Kier alpha value is -1.79. The molecule has 0 bridgehead atoms. The molecule has 0 N–H and O–H groups in total. The number of ether oxygens (including phenoxy) is 1. The summed E-state index contributed by atoms with van der Waals surface area (Å²) in [5, 5.41) is 1.01. The van der Waals surface area contributed by atoms with Crippen molar-refractivity contribution in [3.63, 3.8) is 0 Å². The summed E-state index contributed by atoms with van der Waals surface area (Å²) in [7, 11) is -0.278. The Balaban J connectivity index is 1.86. The van der Waals surface area contributed by atoms with Gasteiger partial charge < -0.3 is 14.0 Å². The zero-order chi connectivity index (χ0) is 20.2. The quantitative estimate of drug-likeness (QED) is 0.704. The first-order valence-electron chi connectivity index (χ1n) is 9.49. The van der Waals surface area contributed by atoms with Crippen molar-refractivity contribution in [2.24, 2.45) is 0 Å². The highest BCUT2D eigenvalue weighted by molar-refractivity contribution is 6.45. The van der Waals surface area contributed by atoms with Crippen molar-refractivity contribution in [2.75, 3.05) is 0 Å². The molecular formula is C21H30BNO4. The van der Waals surface area contributed by atoms with E-state index in [1.165, 1.54) is 0 Å². The van der Waals surface area contributed by atoms with Crippen LogP contribution in [0, 0.1) is 6.92 Å². The molecule has 0 amide bonds. The van der Waals surface area contributed by atoms with Gasteiger partial charge in [-0.3, -0.25) is 4.57 Å². The van der Waals surface area contributed by atoms with Gasteiger partial charge in [0, 0.05) is 17.9 Å². The largest absolute Gasteiger partial charge is 0.462 e. The lowest BCUT2D eigenvalue weighted by Gasteiger charge is -2.32. The molecule has 0 unspecified atom stereocenters. The van der Waals surface area contributed by atoms with Crippen LogP contribution in [0.5, 0.6) is 0 Å². The second kappa shape index (κ2) is 6.38. The maximum atomic E-state index is 12.5. The lowest BCUT2D eigenvalue weighted by molar-refractivity contribution is 0.00578. The fourth-order valence-electron chi connectivity index (χ4n) is 3.39. The van der Waals surface area contributed by atoms with Crippen molar-refractivity contribution in [1.82, 2.24) is 4.57 Å². The van der Waals surface area contributed by atoms with Gasteiger partial charge in [0.15, 0.2) is 0 Å². The zero-order valence-electron chi connectivity index (χ0n) is 17.7. The minimum atomic E-state index is -0.529. The average molecular weight is 371 g/mol. The molecule has 3 rings (SSSR count). The molecule has 0 aliphatic carbocycles. The SMILES string of the molecule is Cc1cc(CB2OC(C)(C)C(C)(C)O2)cc2ccn(C(=O)OC(C)(C)C)c12. The molecule has 1 aliphatic heterocycles. The second-order valence-corrected chi connectivity index (χ2v) is 9.41. The summed E-state index contributed by atoms with van der Waals surface area (Å²) in [5.41, 5.74) is 1.82. The van der Waals surface area contributed by atoms with Gasteiger partial charge in [-0.2, -0.15) is 0 Å². The number of carbonyl (C=O) groups is 1. The van der Waals surface area contributed by atoms with Crippen molar-refractivity contribution in [3.05, 3.63) is 35.5 Å². The number of fused-ring (bicyclic) bond motifs is 1. The summed E-state index contributed by atoms with van der Waals surface area (Å²) in [4.78, 5) is 12.5. The summed E-state index contributed by atoms with van der Waals surface area (Å²) < 4.78 is 19.3. The van der Waals surface area contributed by atoms with Crippen molar-refractivity contribution in [2.45, 2.75) is 78.5 Å². The fraction of sp³-hybridized carbons (Fsp3) is 0.571. The molecule has 6 heteroatoms. The molecule has 0 atom stereocenters. The first-order chi connectivity index (χ1) is 12.3. The minimum Gasteiger partial charge on any atom is -0.443 e. The first-order valence-corrected chi connectivity index (χ1v) is 9.49. The van der Waals surface area contributed by atoms with Gasteiger partial charge in [0.2, 0.25) is 0 Å². The van der Waals surface area contributed by atoms with Crippen LogP contribution in [0.15, 0.2) is 24.4 Å². The third-order valence-corrected chi connectivity index (χ3v) is 5.33. The summed E-state index contributed by atoms with van der Waals surface area (Å²) in [6.07, 6.45) is 2.07. The molecular weight excluding hydrogens is 341 g/mol. The van der Waals surface area contributed by atoms with Crippen molar-refractivity contribution in [1.29, 1.82) is 0 Å². The van der Waals surface area contributed by atoms with Crippen LogP contribution in [0.3, 0.4) is 0 Å². The van der Waals surface area contributed by atoms with Gasteiger partial charge in [-0.15, -0.1) is 0 Å². The number of rotatable bonds is 2. The van der Waals surface area contributed by atoms with E-state index >= 15 is 0 Å². The van der Waals surface area contributed by atoms with Crippen LogP contribution in [-0.4, -0.2) is 34.6 Å². The Morgan fingerprint density at radius 3 is 2.30 bits per heavy atom. The Kier molecular flexibility index (Phi) is 4.72. The number of aromatic nitrogens is 1. The van der Waals surface area contributed by atoms with E-state index in [0.717, 1.165) is 22.0 Å². The highest BCUT2D eigenvalue weighted by Crippen LogP contribution is 2.37. The van der Waals surface area contributed by atoms with E-state index in [-0.39, 0.29) is 24.4 Å². The summed E-state index contributed by atoms with van der Waals surface area (Å²) in [6, 6.07) is 6.13. The van der Waals surface area contributed by atoms with E-state index in [1.807, 2.05) is 33.8 Å². The monoisotopic (exact) mass is 371 g/mol. The van der Waals surface area contributed by atoms with E-state index in [9.17, 15) is 4.79 Å². The summed E-state index contributed by atoms with van der Waals surface area (Å²) in [6.45, 7) is 15.8. The van der Waals surface area contributed by atoms with Crippen LogP contribution in [-0.2, 0) is 20.4 Å². The fourth-order valence-corrected chi connectivity index (χ4v) is 3.39. The molecule has 27 heavy (non-hydrogen) atoms. The van der Waals surface area contributed by atoms with Gasteiger partial charge in [0.1, 0.15) is 5.60 Å². The zero-order valence-corrected chi connectivity index (χ0v) is 17.7. The number of hydrogen-bond acceptors (Lipinski definition) is 4. The molecule has 1 saturated heterocycles. The Morgan fingerprint density at radius 2 is 1.74 bits per heavy atom. The summed E-state index contributed by atoms with van der Waals surface area (Å²) in [5.74, 6) is 0. The Bertz CT molecular complexity index is 860. The lowest BCUT2D eigenvalue weighted by atomic mass is 9.80. The number of hydrogen-bond donors (Lipinski definition) is 0. The maximum absolute atomic E-state index is 12.5. The van der Waals surface area contributed by atoms with E-state index in [1.54, 1.807) is 10.8 Å². The first kappa shape index (κ1) is 20.0.